The van der Waals surface area contributed by atoms with E-state index in [0.717, 1.165) is 122 Å². The van der Waals surface area contributed by atoms with E-state index in [1.165, 1.54) is 123 Å². The fourth-order valence-electron chi connectivity index (χ4n) is 13.2. The summed E-state index contributed by atoms with van der Waals surface area (Å²) < 4.78 is 61.4. The van der Waals surface area contributed by atoms with Gasteiger partial charge in [-0.25, -0.2) is 32.3 Å². The minimum Gasteiger partial charge on any atom is -1.00 e. The van der Waals surface area contributed by atoms with Crippen molar-refractivity contribution in [3.8, 4) is 0 Å². The van der Waals surface area contributed by atoms with E-state index in [0.29, 0.717) is 34.1 Å². The summed E-state index contributed by atoms with van der Waals surface area (Å²) in [6, 6.07) is 23.4. The van der Waals surface area contributed by atoms with E-state index in [9.17, 15) is 57.3 Å². The number of nitrogen functional groups attached to an aromatic ring is 2. The summed E-state index contributed by atoms with van der Waals surface area (Å²) >= 11 is 4.08. The molecule has 16 rings (SSSR count). The molecular weight excluding hydrogens is 1640 g/mol. The Hall–Kier alpha value is -8.63. The van der Waals surface area contributed by atoms with Gasteiger partial charge in [0.2, 0.25) is 21.3 Å². The van der Waals surface area contributed by atoms with E-state index < -0.39 is 45.7 Å². The SMILES string of the molecule is CS(=O)(=O)c1nn2c3c(ccc2c1[N+](=O)[O-])CCC3.CSC(=C[N+](=O)[O-])SC.CSc1nn2c3c(ccc2c1[N+](=O)[O-])CCC3.Cl.NOS(=O)(=O)O.N[n+]1cccc2c1CCC2.Nc1c(NCCO)nn2c3c(ccc12)CCC3.O=[N+]([O-])c1c(NCCO)nn2c3c(ccc12)CCC3.[I-].c1cnc2c(c1)CCC2. The van der Waals surface area contributed by atoms with Crippen molar-refractivity contribution < 1.29 is 84.2 Å². The highest BCUT2D eigenvalue weighted by atomic mass is 127. The molecule has 10 aromatic rings. The Bertz CT molecular complexity index is 5150. The molecule has 0 atom stereocenters. The summed E-state index contributed by atoms with van der Waals surface area (Å²) in [4.78, 5) is 45.6. The molecule has 0 radical (unpaired) electrons. The van der Waals surface area contributed by atoms with Gasteiger partial charge < -0.3 is 50.6 Å². The van der Waals surface area contributed by atoms with E-state index in [4.69, 9.17) is 26.3 Å². The first-order valence-electron chi connectivity index (χ1n) is 33.5. The lowest BCUT2D eigenvalue weighted by molar-refractivity contribution is -0.646. The molecule has 42 heteroatoms. The van der Waals surface area contributed by atoms with Crippen LogP contribution < -0.4 is 56.8 Å². The second-order valence-corrected chi connectivity index (χ2v) is 30.2. The van der Waals surface area contributed by atoms with Crippen LogP contribution in [0, 0.1) is 40.5 Å². The van der Waals surface area contributed by atoms with Gasteiger partial charge in [-0.15, -0.1) is 63.0 Å². The van der Waals surface area contributed by atoms with E-state index in [1.54, 1.807) is 25.8 Å². The molecule has 0 spiro atoms. The highest BCUT2D eigenvalue weighted by Crippen LogP contribution is 2.37. The van der Waals surface area contributed by atoms with Crippen molar-refractivity contribution in [1.82, 2.24) is 43.4 Å². The lowest BCUT2D eigenvalue weighted by Crippen LogP contribution is -3.00. The number of nitrogens with zero attached hydrogens (tertiary/aromatic N) is 14. The predicted molar refractivity (Wildman–Crippen MR) is 411 cm³/mol. The van der Waals surface area contributed by atoms with Crippen molar-refractivity contribution in [2.75, 3.05) is 73.5 Å². The average molecular weight is 1720 g/mol. The lowest BCUT2D eigenvalue weighted by Gasteiger charge is -2.01. The Morgan fingerprint density at radius 3 is 1.44 bits per heavy atom. The Morgan fingerprint density at radius 1 is 0.583 bits per heavy atom. The number of sulfone groups is 1. The van der Waals surface area contributed by atoms with Gasteiger partial charge in [0, 0.05) is 72.1 Å². The van der Waals surface area contributed by atoms with Crippen LogP contribution in [0.3, 0.4) is 0 Å². The van der Waals surface area contributed by atoms with Crippen LogP contribution in [0.1, 0.15) is 106 Å². The summed E-state index contributed by atoms with van der Waals surface area (Å²) in [5, 5.41) is 83.9. The number of nitro groups is 4. The number of hydrogen-bond acceptors (Lipinski definition) is 28. The third-order valence-electron chi connectivity index (χ3n) is 17.9. The third kappa shape index (κ3) is 21.0. The summed E-state index contributed by atoms with van der Waals surface area (Å²) in [7, 11) is -8.12. The fourth-order valence-corrected chi connectivity index (χ4v) is 15.6. The smallest absolute Gasteiger partial charge is 0.413 e. The van der Waals surface area contributed by atoms with E-state index in [-0.39, 0.29) is 83.8 Å². The van der Waals surface area contributed by atoms with E-state index >= 15 is 0 Å². The molecule has 0 saturated carbocycles. The van der Waals surface area contributed by atoms with Gasteiger partial charge in [0.1, 0.15) is 26.5 Å². The van der Waals surface area contributed by atoms with Gasteiger partial charge in [0.25, 0.3) is 11.2 Å². The summed E-state index contributed by atoms with van der Waals surface area (Å²) in [5.74, 6) is 10.5. The number of pyridine rings is 6. The molecule has 10 aromatic heterocycles. The summed E-state index contributed by atoms with van der Waals surface area (Å²) in [6.45, 7) is 0.692. The molecule has 0 amide bonds. The Morgan fingerprint density at radius 2 is 1.00 bits per heavy atom. The number of nitrogens with two attached hydrogens (primary N) is 3. The molecule has 0 aromatic carbocycles. The minimum absolute atomic E-state index is 0. The highest BCUT2D eigenvalue weighted by molar-refractivity contribution is 8.21. The Labute approximate surface area is 656 Å². The molecule has 108 heavy (non-hydrogen) atoms. The largest absolute Gasteiger partial charge is 1.00 e. The van der Waals surface area contributed by atoms with Gasteiger partial charge in [-0.2, -0.15) is 23.7 Å². The number of rotatable bonds is 15. The number of aliphatic hydroxyl groups is 2. The number of fused-ring (bicyclic) bond motifs is 14. The van der Waals surface area contributed by atoms with Gasteiger partial charge in [-0.1, -0.05) is 35.0 Å². The van der Waals surface area contributed by atoms with Crippen molar-refractivity contribution in [2.45, 2.75) is 126 Å². The molecular formula is C66H83ClIN19O16S5. The van der Waals surface area contributed by atoms with Crippen LogP contribution in [0.25, 0.3) is 22.1 Å². The molecule has 35 nitrogen and oxygen atoms in total. The molecule has 6 aliphatic rings. The molecule has 11 N–H and O–H groups in total. The zero-order chi connectivity index (χ0) is 76.6. The lowest BCUT2D eigenvalue weighted by atomic mass is 10.2. The average Bonchev–Trinajstić information content (AvgIpc) is 1.64. The van der Waals surface area contributed by atoms with Crippen molar-refractivity contribution in [3.05, 3.63) is 204 Å². The van der Waals surface area contributed by atoms with Crippen molar-refractivity contribution in [1.29, 1.82) is 0 Å². The summed E-state index contributed by atoms with van der Waals surface area (Å²) in [6.07, 6.45) is 30.6. The molecule has 0 unspecified atom stereocenters. The van der Waals surface area contributed by atoms with Crippen LogP contribution in [-0.2, 0) is 102 Å². The molecule has 0 aliphatic heterocycles. The van der Waals surface area contributed by atoms with Crippen LogP contribution in [0.15, 0.2) is 106 Å². The van der Waals surface area contributed by atoms with Gasteiger partial charge in [-0.3, -0.25) is 50.0 Å². The molecule has 10 heterocycles. The number of anilines is 3. The van der Waals surface area contributed by atoms with Crippen LogP contribution in [-0.4, -0.2) is 146 Å². The quantitative estimate of drug-likeness (QED) is 0.0125. The van der Waals surface area contributed by atoms with Crippen LogP contribution in [0.2, 0.25) is 0 Å². The maximum atomic E-state index is 11.6. The molecule has 0 saturated heterocycles. The van der Waals surface area contributed by atoms with E-state index in [2.05, 4.69) is 64.4 Å². The number of aliphatic hydroxyl groups excluding tert-OH is 2. The second-order valence-electron chi connectivity index (χ2n) is 24.5. The first kappa shape index (κ1) is 86.6. The van der Waals surface area contributed by atoms with Gasteiger partial charge in [0.15, 0.2) is 17.0 Å². The van der Waals surface area contributed by atoms with E-state index in [1.807, 2.05) is 78.1 Å². The number of thioether (sulfide) groups is 3. The number of halogens is 2. The molecule has 0 fully saturated rings. The van der Waals surface area contributed by atoms with Gasteiger partial charge >= 0.3 is 27.5 Å². The zero-order valence-corrected chi connectivity index (χ0v) is 66.2. The second kappa shape index (κ2) is 39.6. The molecule has 0 bridgehead atoms. The van der Waals surface area contributed by atoms with Crippen LogP contribution in [0.4, 0.5) is 34.4 Å². The number of aryl methyl sites for hydroxylation is 11. The van der Waals surface area contributed by atoms with Crippen molar-refractivity contribution in [3.63, 3.8) is 0 Å². The number of nitrogens with one attached hydrogen (secondary N) is 2. The summed E-state index contributed by atoms with van der Waals surface area (Å²) in [5.41, 5.74) is 23.4. The number of hydrogen-bond donors (Lipinski definition) is 8. The van der Waals surface area contributed by atoms with Gasteiger partial charge in [-0.05, 0) is 192 Å². The predicted octanol–water partition coefficient (Wildman–Crippen LogP) is 5.17. The first-order chi connectivity index (χ1) is 50.7. The maximum absolute atomic E-state index is 11.6. The zero-order valence-electron chi connectivity index (χ0n) is 59.2. The van der Waals surface area contributed by atoms with Crippen LogP contribution >= 0.6 is 47.7 Å². The fraction of sp³-hybridized carbons (Fsp3) is 0.394. The van der Waals surface area contributed by atoms with Crippen molar-refractivity contribution >= 4 is 124 Å². The third-order valence-corrected chi connectivity index (χ3v) is 21.8. The highest BCUT2D eigenvalue weighted by Gasteiger charge is 2.33. The standard InChI is InChI=1S/C12H14N4O3.C12H16N4O.C11H11N3O4S.C11H11N3O2S.C8H11N2.C8H9N.C4H7NO2S2.ClH.HI.H3NO4S/c17-7-6-13-12-11(16(18)19)10-5-4-8-2-1-3-9(8)15(10)14-12;13-11-10-5-4-8-2-1-3-9(8)16(10)15-12(11)14-6-7-17;1-19(17,18)11-10(14(15)16)9-6-5-7-3-2-4-8(7)13(9)12-11;1-17-11-10(14(15)16)9-6-5-7-3-2-4-8(7)13(9)12-11;9-10-6-2-4-7-3-1-5-8(7)10;1-3-7-4-2-6-9-8(7)5-1;1-8-4(9-2)3-5(6)7;;;1-5-6(2,3)4/h4-5,17H,1-3,6-7H2,(H,13,14);4-5,17H,1-3,6-7,13H2,(H,14,15);5-6H,2-4H2,1H3;5-6H,2-4H2,1H3;2,4,6H,1,3,5,9H2;2,4,6H,1,3,5H2;3H,1-2H3;2*1H;1H2,(H,2,3,4)/q;;;;+1;;;;;/p-1. The first-order valence-corrected chi connectivity index (χ1v) is 40.4. The topological polar surface area (TPSA) is 499 Å². The maximum Gasteiger partial charge on any atom is 0.413 e. The monoisotopic (exact) mass is 1720 g/mol. The normalized spacial score (nSPS) is 13.6. The number of aromatic nitrogens is 10. The molecule has 6 aliphatic carbocycles. The Balaban J connectivity index is 0.000000176. The Kier molecular flexibility index (Phi) is 31.8. The van der Waals surface area contributed by atoms with Crippen LogP contribution in [0.5, 0.6) is 0 Å². The molecule has 582 valence electrons. The minimum atomic E-state index is -4.38. The van der Waals surface area contributed by atoms with Crippen molar-refractivity contribution in [2.24, 2.45) is 5.90 Å². The van der Waals surface area contributed by atoms with Gasteiger partial charge in [0.05, 0.1) is 38.4 Å².